The smallest absolute Gasteiger partial charge is 0.229 e. The first-order valence-electron chi connectivity index (χ1n) is 6.90. The molecule has 0 aliphatic heterocycles. The van der Waals surface area contributed by atoms with Crippen LogP contribution in [0.25, 0.3) is 0 Å². The molecule has 0 aromatic carbocycles. The summed E-state index contributed by atoms with van der Waals surface area (Å²) in [5, 5.41) is 3.56. The van der Waals surface area contributed by atoms with E-state index in [1.54, 1.807) is 6.20 Å². The van der Waals surface area contributed by atoms with E-state index in [1.165, 1.54) is 11.3 Å². The summed E-state index contributed by atoms with van der Waals surface area (Å²) in [6, 6.07) is 0. The van der Waals surface area contributed by atoms with Crippen molar-refractivity contribution >= 4 is 28.2 Å². The molecule has 4 nitrogen and oxygen atoms in total. The first-order valence-corrected chi connectivity index (χ1v) is 7.72. The molecule has 3 rings (SSSR count). The zero-order chi connectivity index (χ0) is 13.4. The molecular weight excluding hydrogens is 260 g/mol. The van der Waals surface area contributed by atoms with Gasteiger partial charge in [0, 0.05) is 28.8 Å². The van der Waals surface area contributed by atoms with Gasteiger partial charge in [0.25, 0.3) is 0 Å². The van der Waals surface area contributed by atoms with Crippen molar-refractivity contribution in [3.8, 4) is 0 Å². The number of ketones is 1. The first-order chi connectivity index (χ1) is 9.13. The molecule has 19 heavy (non-hydrogen) atoms. The fourth-order valence-electron chi connectivity index (χ4n) is 3.31. The van der Waals surface area contributed by atoms with Gasteiger partial charge in [-0.05, 0) is 32.6 Å². The second-order valence-electron chi connectivity index (χ2n) is 5.66. The van der Waals surface area contributed by atoms with E-state index in [9.17, 15) is 9.59 Å². The normalized spacial score (nSPS) is 30.2. The number of thiazole rings is 1. The summed E-state index contributed by atoms with van der Waals surface area (Å²) in [7, 11) is 0. The molecule has 3 atom stereocenters. The molecule has 1 aromatic rings. The molecule has 5 heteroatoms. The lowest BCUT2D eigenvalue weighted by molar-refractivity contribution is -0.136. The number of hydrogen-bond donors (Lipinski definition) is 1. The Kier molecular flexibility index (Phi) is 3.39. The maximum Gasteiger partial charge on any atom is 0.229 e. The van der Waals surface area contributed by atoms with E-state index < -0.39 is 0 Å². The minimum Gasteiger partial charge on any atom is -0.302 e. The summed E-state index contributed by atoms with van der Waals surface area (Å²) >= 11 is 1.49. The van der Waals surface area contributed by atoms with Crippen LogP contribution in [0.4, 0.5) is 5.13 Å². The van der Waals surface area contributed by atoms with Gasteiger partial charge < -0.3 is 5.32 Å². The van der Waals surface area contributed by atoms with Crippen molar-refractivity contribution < 1.29 is 9.59 Å². The number of rotatable bonds is 2. The van der Waals surface area contributed by atoms with Crippen LogP contribution in [0.1, 0.15) is 37.0 Å². The Morgan fingerprint density at radius 3 is 2.63 bits per heavy atom. The monoisotopic (exact) mass is 278 g/mol. The summed E-state index contributed by atoms with van der Waals surface area (Å²) in [6.07, 6.45) is 6.29. The molecule has 2 aliphatic rings. The Balaban J connectivity index is 1.66. The van der Waals surface area contributed by atoms with Crippen molar-refractivity contribution in [1.29, 1.82) is 0 Å². The Labute approximate surface area is 116 Å². The van der Waals surface area contributed by atoms with E-state index in [2.05, 4.69) is 10.3 Å². The third-order valence-electron chi connectivity index (χ3n) is 4.27. The lowest BCUT2D eigenvalue weighted by Gasteiger charge is -2.36. The molecular formula is C14H18N2O2S. The van der Waals surface area contributed by atoms with Crippen LogP contribution in [0, 0.1) is 24.7 Å². The Hall–Kier alpha value is -1.23. The van der Waals surface area contributed by atoms with Gasteiger partial charge in [-0.15, -0.1) is 11.3 Å². The van der Waals surface area contributed by atoms with Gasteiger partial charge in [0.15, 0.2) is 5.13 Å². The summed E-state index contributed by atoms with van der Waals surface area (Å²) in [5.74, 6) is 0.680. The van der Waals surface area contributed by atoms with E-state index in [4.69, 9.17) is 0 Å². The van der Waals surface area contributed by atoms with Crippen LogP contribution in [-0.4, -0.2) is 16.7 Å². The van der Waals surface area contributed by atoms with Crippen LogP contribution < -0.4 is 5.32 Å². The number of carbonyl (C=O) groups excluding carboxylic acids is 2. The SMILES string of the molecule is Cc1cnc(NC(=O)C2C[C@H]3CCC[C@@H](C2)C3=O)s1. The third-order valence-corrected chi connectivity index (χ3v) is 5.10. The van der Waals surface area contributed by atoms with Gasteiger partial charge in [0.2, 0.25) is 5.91 Å². The van der Waals surface area contributed by atoms with E-state index in [0.29, 0.717) is 10.9 Å². The number of nitrogens with one attached hydrogen (secondary N) is 1. The zero-order valence-corrected chi connectivity index (χ0v) is 11.8. The topological polar surface area (TPSA) is 59.1 Å². The maximum absolute atomic E-state index is 12.3. The molecule has 2 saturated carbocycles. The number of aromatic nitrogens is 1. The highest BCUT2D eigenvalue weighted by Crippen LogP contribution is 2.40. The van der Waals surface area contributed by atoms with Crippen LogP contribution in [0.5, 0.6) is 0 Å². The number of fused-ring (bicyclic) bond motifs is 2. The molecule has 0 saturated heterocycles. The van der Waals surface area contributed by atoms with Gasteiger partial charge in [-0.1, -0.05) is 6.42 Å². The lowest BCUT2D eigenvalue weighted by Crippen LogP contribution is -2.40. The predicted molar refractivity (Wildman–Crippen MR) is 74.0 cm³/mol. The number of hydrogen-bond acceptors (Lipinski definition) is 4. The Morgan fingerprint density at radius 2 is 2.05 bits per heavy atom. The highest BCUT2D eigenvalue weighted by Gasteiger charge is 2.41. The average Bonchev–Trinajstić information content (AvgIpc) is 2.74. The molecule has 1 aromatic heterocycles. The number of nitrogens with zero attached hydrogens (tertiary/aromatic N) is 1. The van der Waals surface area contributed by atoms with Crippen molar-refractivity contribution in [3.05, 3.63) is 11.1 Å². The second kappa shape index (κ2) is 5.04. The van der Waals surface area contributed by atoms with Gasteiger partial charge >= 0.3 is 0 Å². The average molecular weight is 278 g/mol. The van der Waals surface area contributed by atoms with Crippen molar-refractivity contribution in [2.75, 3.05) is 5.32 Å². The molecule has 1 amide bonds. The highest BCUT2D eigenvalue weighted by atomic mass is 32.1. The number of amides is 1. The van der Waals surface area contributed by atoms with Crippen LogP contribution >= 0.6 is 11.3 Å². The third kappa shape index (κ3) is 2.56. The van der Waals surface area contributed by atoms with Gasteiger partial charge in [-0.2, -0.15) is 0 Å². The highest BCUT2D eigenvalue weighted by molar-refractivity contribution is 7.15. The molecule has 2 aliphatic carbocycles. The van der Waals surface area contributed by atoms with E-state index in [-0.39, 0.29) is 23.7 Å². The lowest BCUT2D eigenvalue weighted by atomic mass is 9.67. The molecule has 102 valence electrons. The van der Waals surface area contributed by atoms with E-state index >= 15 is 0 Å². The number of carbonyl (C=O) groups is 2. The van der Waals surface area contributed by atoms with Crippen LogP contribution in [0.15, 0.2) is 6.20 Å². The maximum atomic E-state index is 12.3. The number of aryl methyl sites for hydroxylation is 1. The standard InChI is InChI=1S/C14H18N2O2S/c1-8-7-15-14(19-8)16-13(18)11-5-9-3-2-4-10(6-11)12(9)17/h7,9-11H,2-6H2,1H3,(H,15,16,18)/t9-,10+,11?. The minimum absolute atomic E-state index is 0.0165. The molecule has 0 radical (unpaired) electrons. The Morgan fingerprint density at radius 1 is 1.37 bits per heavy atom. The largest absolute Gasteiger partial charge is 0.302 e. The fourth-order valence-corrected chi connectivity index (χ4v) is 3.98. The quantitative estimate of drug-likeness (QED) is 0.905. The van der Waals surface area contributed by atoms with E-state index in [1.807, 2.05) is 6.92 Å². The minimum atomic E-state index is -0.0165. The molecule has 0 spiro atoms. The van der Waals surface area contributed by atoms with Gasteiger partial charge in [0.1, 0.15) is 5.78 Å². The summed E-state index contributed by atoms with van der Waals surface area (Å²) in [5.41, 5.74) is 0. The zero-order valence-electron chi connectivity index (χ0n) is 11.0. The molecule has 2 bridgehead atoms. The number of Topliss-reactive ketones (excluding diaryl/α,β-unsaturated/α-hetero) is 1. The fraction of sp³-hybridized carbons (Fsp3) is 0.643. The van der Waals surface area contributed by atoms with Crippen molar-refractivity contribution in [2.24, 2.45) is 17.8 Å². The van der Waals surface area contributed by atoms with Gasteiger partial charge in [0.05, 0.1) is 0 Å². The van der Waals surface area contributed by atoms with Crippen LogP contribution in [0.3, 0.4) is 0 Å². The van der Waals surface area contributed by atoms with Crippen LogP contribution in [0.2, 0.25) is 0 Å². The van der Waals surface area contributed by atoms with Gasteiger partial charge in [-0.3, -0.25) is 9.59 Å². The summed E-state index contributed by atoms with van der Waals surface area (Å²) in [6.45, 7) is 1.97. The van der Waals surface area contributed by atoms with E-state index in [0.717, 1.165) is 37.0 Å². The summed E-state index contributed by atoms with van der Waals surface area (Å²) in [4.78, 5) is 29.5. The molecule has 1 unspecified atom stereocenters. The molecule has 1 N–H and O–H groups in total. The number of anilines is 1. The summed E-state index contributed by atoms with van der Waals surface area (Å²) < 4.78 is 0. The predicted octanol–water partition coefficient (Wildman–Crippen LogP) is 2.79. The van der Waals surface area contributed by atoms with Gasteiger partial charge in [-0.25, -0.2) is 4.98 Å². The van der Waals surface area contributed by atoms with Crippen molar-refractivity contribution in [2.45, 2.75) is 39.0 Å². The van der Waals surface area contributed by atoms with Crippen molar-refractivity contribution in [1.82, 2.24) is 4.98 Å². The van der Waals surface area contributed by atoms with Crippen LogP contribution in [-0.2, 0) is 9.59 Å². The Bertz CT molecular complexity index is 495. The molecule has 2 fully saturated rings. The second-order valence-corrected chi connectivity index (χ2v) is 6.90. The molecule has 1 heterocycles. The first kappa shape index (κ1) is 12.8. The van der Waals surface area contributed by atoms with Crippen molar-refractivity contribution in [3.63, 3.8) is 0 Å².